The predicted octanol–water partition coefficient (Wildman–Crippen LogP) is 4.49. The summed E-state index contributed by atoms with van der Waals surface area (Å²) in [6, 6.07) is 8.16. The first-order chi connectivity index (χ1) is 10.6. The average Bonchev–Trinajstić information content (AvgIpc) is 2.44. The fourth-order valence-corrected chi connectivity index (χ4v) is 3.55. The molecule has 0 aliphatic rings. The van der Waals surface area contributed by atoms with Gasteiger partial charge in [0.25, 0.3) is 0 Å². The molecule has 0 aromatic heterocycles. The molecule has 1 N–H and O–H groups in total. The summed E-state index contributed by atoms with van der Waals surface area (Å²) in [5.41, 5.74) is -0.670. The largest absolute Gasteiger partial charge is 0.416 e. The van der Waals surface area contributed by atoms with Gasteiger partial charge in [-0.2, -0.15) is 13.2 Å². The van der Waals surface area contributed by atoms with Crippen LogP contribution in [0.25, 0.3) is 0 Å². The molecule has 0 bridgehead atoms. The zero-order valence-corrected chi connectivity index (χ0v) is 13.7. The standard InChI is InChI=1S/C14H10Cl2F3NO2S/c15-11-5-12(16)7-13(6-11)23(21,22)20-8-9-2-1-3-10(4-9)14(17,18)19/h1-7,20H,8H2. The molecule has 9 heteroatoms. The molecule has 0 unspecified atom stereocenters. The van der Waals surface area contributed by atoms with E-state index in [1.54, 1.807) is 0 Å². The van der Waals surface area contributed by atoms with Gasteiger partial charge in [0.15, 0.2) is 0 Å². The van der Waals surface area contributed by atoms with E-state index in [2.05, 4.69) is 4.72 Å². The van der Waals surface area contributed by atoms with Crippen LogP contribution < -0.4 is 4.72 Å². The Labute approximate surface area is 141 Å². The second-order valence-electron chi connectivity index (χ2n) is 4.63. The summed E-state index contributed by atoms with van der Waals surface area (Å²) in [6.07, 6.45) is -4.49. The molecule has 0 aliphatic heterocycles. The fraction of sp³-hybridized carbons (Fsp3) is 0.143. The number of benzene rings is 2. The van der Waals surface area contributed by atoms with Gasteiger partial charge in [-0.15, -0.1) is 0 Å². The Morgan fingerprint density at radius 1 is 1.00 bits per heavy atom. The first kappa shape index (κ1) is 18.1. The SMILES string of the molecule is O=S(=O)(NCc1cccc(C(F)(F)F)c1)c1cc(Cl)cc(Cl)c1. The van der Waals surface area contributed by atoms with Crippen LogP contribution in [0.2, 0.25) is 10.0 Å². The Kier molecular flexibility index (Phi) is 5.25. The molecule has 2 aromatic carbocycles. The maximum atomic E-state index is 12.6. The molecule has 2 aromatic rings. The van der Waals surface area contributed by atoms with Crippen molar-refractivity contribution < 1.29 is 21.6 Å². The van der Waals surface area contributed by atoms with Gasteiger partial charge in [-0.05, 0) is 29.8 Å². The van der Waals surface area contributed by atoms with Crippen molar-refractivity contribution in [3.8, 4) is 0 Å². The normalized spacial score (nSPS) is 12.4. The van der Waals surface area contributed by atoms with Crippen LogP contribution in [-0.2, 0) is 22.7 Å². The van der Waals surface area contributed by atoms with E-state index in [1.165, 1.54) is 30.3 Å². The van der Waals surface area contributed by atoms with Crippen molar-refractivity contribution in [2.24, 2.45) is 0 Å². The van der Waals surface area contributed by atoms with Gasteiger partial charge in [0, 0.05) is 16.6 Å². The topological polar surface area (TPSA) is 46.2 Å². The lowest BCUT2D eigenvalue weighted by molar-refractivity contribution is -0.137. The zero-order chi connectivity index (χ0) is 17.3. The molecule has 0 radical (unpaired) electrons. The Bertz CT molecular complexity index is 803. The highest BCUT2D eigenvalue weighted by atomic mass is 35.5. The number of rotatable bonds is 4. The minimum absolute atomic E-state index is 0.136. The smallest absolute Gasteiger partial charge is 0.207 e. The number of sulfonamides is 1. The molecular formula is C14H10Cl2F3NO2S. The van der Waals surface area contributed by atoms with Crippen molar-refractivity contribution in [2.45, 2.75) is 17.6 Å². The Morgan fingerprint density at radius 2 is 1.61 bits per heavy atom. The van der Waals surface area contributed by atoms with E-state index in [4.69, 9.17) is 23.2 Å². The third kappa shape index (κ3) is 4.84. The Balaban J connectivity index is 2.20. The maximum absolute atomic E-state index is 12.6. The maximum Gasteiger partial charge on any atom is 0.416 e. The molecular weight excluding hydrogens is 374 g/mol. The summed E-state index contributed by atoms with van der Waals surface area (Å²) in [5.74, 6) is 0. The van der Waals surface area contributed by atoms with Gasteiger partial charge in [-0.3, -0.25) is 0 Å². The first-order valence-corrected chi connectivity index (χ1v) is 8.44. The van der Waals surface area contributed by atoms with Gasteiger partial charge in [0.1, 0.15) is 0 Å². The molecule has 124 valence electrons. The molecule has 0 aliphatic carbocycles. The summed E-state index contributed by atoms with van der Waals surface area (Å²) in [6.45, 7) is -0.295. The highest BCUT2D eigenvalue weighted by Gasteiger charge is 2.30. The molecule has 0 saturated carbocycles. The quantitative estimate of drug-likeness (QED) is 0.845. The van der Waals surface area contributed by atoms with Crippen LogP contribution in [0.15, 0.2) is 47.4 Å². The lowest BCUT2D eigenvalue weighted by Crippen LogP contribution is -2.23. The first-order valence-electron chi connectivity index (χ1n) is 6.20. The number of nitrogens with one attached hydrogen (secondary N) is 1. The van der Waals surface area contributed by atoms with Gasteiger partial charge in [0.2, 0.25) is 10.0 Å². The molecule has 23 heavy (non-hydrogen) atoms. The highest BCUT2D eigenvalue weighted by molar-refractivity contribution is 7.89. The number of halogens is 5. The van der Waals surface area contributed by atoms with E-state index in [0.29, 0.717) is 0 Å². The lowest BCUT2D eigenvalue weighted by atomic mass is 10.1. The summed E-state index contributed by atoms with van der Waals surface area (Å²) in [4.78, 5) is -0.165. The Morgan fingerprint density at radius 3 is 2.17 bits per heavy atom. The van der Waals surface area contributed by atoms with Crippen LogP contribution in [0, 0.1) is 0 Å². The van der Waals surface area contributed by atoms with E-state index in [0.717, 1.165) is 12.1 Å². The van der Waals surface area contributed by atoms with E-state index in [1.807, 2.05) is 0 Å². The Hall–Kier alpha value is -1.28. The van der Waals surface area contributed by atoms with Crippen molar-refractivity contribution in [1.29, 1.82) is 0 Å². The molecule has 0 amide bonds. The minimum Gasteiger partial charge on any atom is -0.207 e. The van der Waals surface area contributed by atoms with Gasteiger partial charge in [0.05, 0.1) is 10.5 Å². The van der Waals surface area contributed by atoms with Gasteiger partial charge >= 0.3 is 6.18 Å². The third-order valence-corrected chi connectivity index (χ3v) is 4.68. The number of hydrogen-bond donors (Lipinski definition) is 1. The van der Waals surface area contributed by atoms with Crippen LogP contribution >= 0.6 is 23.2 Å². The molecule has 3 nitrogen and oxygen atoms in total. The summed E-state index contributed by atoms with van der Waals surface area (Å²) < 4.78 is 64.4. The molecule has 0 spiro atoms. The predicted molar refractivity (Wildman–Crippen MR) is 81.9 cm³/mol. The van der Waals surface area contributed by atoms with Gasteiger partial charge < -0.3 is 0 Å². The number of hydrogen-bond acceptors (Lipinski definition) is 2. The summed E-state index contributed by atoms with van der Waals surface area (Å²) in [7, 11) is -3.95. The van der Waals surface area contributed by atoms with Crippen molar-refractivity contribution in [3.63, 3.8) is 0 Å². The third-order valence-electron chi connectivity index (χ3n) is 2.87. The van der Waals surface area contributed by atoms with E-state index >= 15 is 0 Å². The average molecular weight is 384 g/mol. The van der Waals surface area contributed by atoms with E-state index < -0.39 is 21.8 Å². The minimum atomic E-state index is -4.49. The van der Waals surface area contributed by atoms with Crippen LogP contribution in [0.3, 0.4) is 0 Å². The molecule has 0 atom stereocenters. The summed E-state index contributed by atoms with van der Waals surface area (Å²) in [5, 5.41) is 0.272. The van der Waals surface area contributed by atoms with Crippen LogP contribution in [0.5, 0.6) is 0 Å². The fourth-order valence-electron chi connectivity index (χ4n) is 1.80. The zero-order valence-electron chi connectivity index (χ0n) is 11.4. The van der Waals surface area contributed by atoms with E-state index in [9.17, 15) is 21.6 Å². The number of alkyl halides is 3. The van der Waals surface area contributed by atoms with Crippen molar-refractivity contribution in [2.75, 3.05) is 0 Å². The van der Waals surface area contributed by atoms with Gasteiger partial charge in [-0.25, -0.2) is 13.1 Å². The molecule has 0 heterocycles. The van der Waals surface area contributed by atoms with Crippen molar-refractivity contribution in [1.82, 2.24) is 4.72 Å². The van der Waals surface area contributed by atoms with Crippen LogP contribution in [0.1, 0.15) is 11.1 Å². The highest BCUT2D eigenvalue weighted by Crippen LogP contribution is 2.29. The monoisotopic (exact) mass is 383 g/mol. The van der Waals surface area contributed by atoms with E-state index in [-0.39, 0.29) is 27.0 Å². The van der Waals surface area contributed by atoms with Gasteiger partial charge in [-0.1, -0.05) is 41.4 Å². The molecule has 0 fully saturated rings. The lowest BCUT2D eigenvalue weighted by Gasteiger charge is -2.10. The van der Waals surface area contributed by atoms with Crippen LogP contribution in [0.4, 0.5) is 13.2 Å². The van der Waals surface area contributed by atoms with Crippen molar-refractivity contribution in [3.05, 3.63) is 63.6 Å². The second-order valence-corrected chi connectivity index (χ2v) is 7.27. The second kappa shape index (κ2) is 6.68. The van der Waals surface area contributed by atoms with Crippen LogP contribution in [-0.4, -0.2) is 8.42 Å². The summed E-state index contributed by atoms with van der Waals surface area (Å²) >= 11 is 11.5. The molecule has 2 rings (SSSR count). The molecule has 0 saturated heterocycles. The van der Waals surface area contributed by atoms with Crippen molar-refractivity contribution >= 4 is 33.2 Å².